The summed E-state index contributed by atoms with van der Waals surface area (Å²) in [4.78, 5) is 30.6. The van der Waals surface area contributed by atoms with Crippen LogP contribution in [0.15, 0.2) is 35.7 Å². The topological polar surface area (TPSA) is 71.1 Å². The van der Waals surface area contributed by atoms with E-state index in [0.29, 0.717) is 25.4 Å². The van der Waals surface area contributed by atoms with Crippen LogP contribution in [0.25, 0.3) is 0 Å². The molecule has 1 aliphatic heterocycles. The molecule has 1 N–H and O–H groups in total. The molecule has 0 atom stereocenters. The van der Waals surface area contributed by atoms with E-state index >= 15 is 0 Å². The molecule has 31 heavy (non-hydrogen) atoms. The van der Waals surface area contributed by atoms with Crippen LogP contribution < -0.4 is 14.8 Å². The van der Waals surface area contributed by atoms with Gasteiger partial charge in [-0.2, -0.15) is 0 Å². The number of ether oxygens (including phenoxy) is 2. The Hall–Kier alpha value is -2.74. The van der Waals surface area contributed by atoms with E-state index < -0.39 is 0 Å². The maximum absolute atomic E-state index is 13.3. The molecule has 7 nitrogen and oxygen atoms in total. The van der Waals surface area contributed by atoms with Crippen LogP contribution >= 0.6 is 11.3 Å². The number of carbonyl (C=O) groups excluding carboxylic acids is 2. The second-order valence-corrected chi connectivity index (χ2v) is 8.99. The largest absolute Gasteiger partial charge is 0.454 e. The van der Waals surface area contributed by atoms with Crippen molar-refractivity contribution in [3.05, 3.63) is 46.2 Å². The number of unbranched alkanes of at least 4 members (excludes halogenated alkanes) is 1. The average Bonchev–Trinajstić information content (AvgIpc) is 3.27. The number of nitrogens with zero attached hydrogens (tertiary/aromatic N) is 2. The first-order valence-electron chi connectivity index (χ1n) is 10.9. The van der Waals surface area contributed by atoms with Crippen molar-refractivity contribution in [2.45, 2.75) is 51.7 Å². The Morgan fingerprint density at radius 3 is 2.74 bits per heavy atom. The summed E-state index contributed by atoms with van der Waals surface area (Å²) in [5, 5.41) is 4.97. The van der Waals surface area contributed by atoms with Gasteiger partial charge in [0.2, 0.25) is 12.7 Å². The minimum Gasteiger partial charge on any atom is -0.454 e. The van der Waals surface area contributed by atoms with Gasteiger partial charge in [0.05, 0.1) is 6.54 Å². The molecule has 1 aliphatic carbocycles. The van der Waals surface area contributed by atoms with Gasteiger partial charge in [-0.3, -0.25) is 4.79 Å². The van der Waals surface area contributed by atoms with Gasteiger partial charge in [0.1, 0.15) is 6.54 Å². The molecular weight excluding hydrogens is 414 g/mol. The summed E-state index contributed by atoms with van der Waals surface area (Å²) in [7, 11) is 0. The normalized spacial score (nSPS) is 14.4. The zero-order valence-electron chi connectivity index (χ0n) is 17.8. The first-order valence-corrected chi connectivity index (χ1v) is 11.7. The van der Waals surface area contributed by atoms with Crippen LogP contribution in [0.2, 0.25) is 0 Å². The number of urea groups is 1. The lowest BCUT2D eigenvalue weighted by molar-refractivity contribution is -0.133. The summed E-state index contributed by atoms with van der Waals surface area (Å²) < 4.78 is 10.9. The molecule has 2 aliphatic rings. The van der Waals surface area contributed by atoms with E-state index in [-0.39, 0.29) is 31.3 Å². The second-order valence-electron chi connectivity index (χ2n) is 7.96. The number of fused-ring (bicyclic) bond motifs is 1. The predicted octanol–water partition coefficient (Wildman–Crippen LogP) is 3.98. The van der Waals surface area contributed by atoms with E-state index in [1.165, 1.54) is 0 Å². The number of hydrogen-bond donors (Lipinski definition) is 1. The zero-order chi connectivity index (χ0) is 21.6. The predicted molar refractivity (Wildman–Crippen MR) is 119 cm³/mol. The van der Waals surface area contributed by atoms with Crippen molar-refractivity contribution in [3.63, 3.8) is 0 Å². The Bertz CT molecular complexity index is 898. The molecule has 1 aromatic heterocycles. The van der Waals surface area contributed by atoms with Crippen molar-refractivity contribution in [2.24, 2.45) is 0 Å². The smallest absolute Gasteiger partial charge is 0.318 e. The van der Waals surface area contributed by atoms with E-state index in [2.05, 4.69) is 12.2 Å². The Balaban J connectivity index is 1.46. The molecule has 2 heterocycles. The number of rotatable bonds is 10. The molecule has 0 radical (unpaired) electrons. The molecule has 0 saturated heterocycles. The third kappa shape index (κ3) is 5.70. The molecule has 0 bridgehead atoms. The third-order valence-corrected chi connectivity index (χ3v) is 6.31. The number of hydrogen-bond acceptors (Lipinski definition) is 5. The SMILES string of the molecule is CCCCNC(=O)N(CC(=O)N(Cc1ccc2c(c1)OCO2)Cc1cccs1)C1CC1. The average molecular weight is 444 g/mol. The first kappa shape index (κ1) is 21.5. The number of nitrogens with one attached hydrogen (secondary N) is 1. The molecule has 1 aromatic carbocycles. The van der Waals surface area contributed by atoms with E-state index in [9.17, 15) is 9.59 Å². The van der Waals surface area contributed by atoms with Crippen LogP contribution in [-0.4, -0.2) is 47.7 Å². The minimum absolute atomic E-state index is 0.0522. The van der Waals surface area contributed by atoms with Gasteiger partial charge in [-0.05, 0) is 48.4 Å². The summed E-state index contributed by atoms with van der Waals surface area (Å²) in [5.74, 6) is 1.38. The zero-order valence-corrected chi connectivity index (χ0v) is 18.7. The highest BCUT2D eigenvalue weighted by Crippen LogP contribution is 2.33. The molecule has 4 rings (SSSR count). The quantitative estimate of drug-likeness (QED) is 0.564. The molecule has 3 amide bonds. The van der Waals surface area contributed by atoms with Gasteiger partial charge in [-0.15, -0.1) is 11.3 Å². The monoisotopic (exact) mass is 443 g/mol. The number of carbonyl (C=O) groups is 2. The standard InChI is InChI=1S/C23H29N3O4S/c1-2-3-10-24-23(28)26(18-7-8-18)15-22(27)25(14-19-5-4-11-31-19)13-17-6-9-20-21(12-17)30-16-29-20/h4-6,9,11-12,18H,2-3,7-8,10,13-16H2,1H3,(H,24,28). The summed E-state index contributed by atoms with van der Waals surface area (Å²) in [6.45, 7) is 4.01. The molecule has 0 spiro atoms. The fourth-order valence-electron chi connectivity index (χ4n) is 3.55. The molecule has 8 heteroatoms. The van der Waals surface area contributed by atoms with Crippen molar-refractivity contribution in [1.82, 2.24) is 15.1 Å². The summed E-state index contributed by atoms with van der Waals surface area (Å²) >= 11 is 1.63. The van der Waals surface area contributed by atoms with Crippen LogP contribution in [0.1, 0.15) is 43.0 Å². The molecular formula is C23H29N3O4S. The molecule has 166 valence electrons. The van der Waals surface area contributed by atoms with Crippen LogP contribution in [0.4, 0.5) is 4.79 Å². The third-order valence-electron chi connectivity index (χ3n) is 5.45. The molecule has 0 unspecified atom stereocenters. The van der Waals surface area contributed by atoms with Crippen molar-refractivity contribution in [1.29, 1.82) is 0 Å². The van der Waals surface area contributed by atoms with E-state index in [4.69, 9.17) is 9.47 Å². The van der Waals surface area contributed by atoms with Gasteiger partial charge in [-0.1, -0.05) is 25.5 Å². The highest BCUT2D eigenvalue weighted by molar-refractivity contribution is 7.09. The summed E-state index contributed by atoms with van der Waals surface area (Å²) in [6.07, 6.45) is 3.88. The van der Waals surface area contributed by atoms with Crippen molar-refractivity contribution >= 4 is 23.3 Å². The maximum Gasteiger partial charge on any atom is 0.318 e. The first-order chi connectivity index (χ1) is 15.1. The van der Waals surface area contributed by atoms with Crippen LogP contribution in [0.3, 0.4) is 0 Å². The fourth-order valence-corrected chi connectivity index (χ4v) is 4.27. The van der Waals surface area contributed by atoms with Crippen molar-refractivity contribution in [2.75, 3.05) is 19.9 Å². The van der Waals surface area contributed by atoms with E-state index in [1.807, 2.05) is 40.6 Å². The van der Waals surface area contributed by atoms with Crippen molar-refractivity contribution < 1.29 is 19.1 Å². The Morgan fingerprint density at radius 1 is 1.16 bits per heavy atom. The van der Waals surface area contributed by atoms with Gasteiger partial charge in [-0.25, -0.2) is 4.79 Å². The molecule has 1 saturated carbocycles. The highest BCUT2D eigenvalue weighted by Gasteiger charge is 2.34. The second kappa shape index (κ2) is 10.0. The summed E-state index contributed by atoms with van der Waals surface area (Å²) in [5.41, 5.74) is 0.972. The van der Waals surface area contributed by atoms with Crippen LogP contribution in [0.5, 0.6) is 11.5 Å². The Labute approximate surface area is 186 Å². The Kier molecular flexibility index (Phi) is 6.96. The van der Waals surface area contributed by atoms with E-state index in [0.717, 1.165) is 41.9 Å². The maximum atomic E-state index is 13.3. The molecule has 2 aromatic rings. The number of thiophene rings is 1. The van der Waals surface area contributed by atoms with Crippen LogP contribution in [-0.2, 0) is 17.9 Å². The lowest BCUT2D eigenvalue weighted by Crippen LogP contribution is -2.47. The van der Waals surface area contributed by atoms with Gasteiger partial charge >= 0.3 is 6.03 Å². The fraction of sp³-hybridized carbons (Fsp3) is 0.478. The van der Waals surface area contributed by atoms with Gasteiger partial charge in [0, 0.05) is 24.0 Å². The summed E-state index contributed by atoms with van der Waals surface area (Å²) in [6, 6.07) is 9.80. The highest BCUT2D eigenvalue weighted by atomic mass is 32.1. The number of benzene rings is 1. The van der Waals surface area contributed by atoms with Gasteiger partial charge < -0.3 is 24.6 Å². The van der Waals surface area contributed by atoms with Gasteiger partial charge in [0.15, 0.2) is 11.5 Å². The van der Waals surface area contributed by atoms with Crippen molar-refractivity contribution in [3.8, 4) is 11.5 Å². The van der Waals surface area contributed by atoms with E-state index in [1.54, 1.807) is 16.2 Å². The minimum atomic E-state index is -0.136. The Morgan fingerprint density at radius 2 is 2.00 bits per heavy atom. The molecule has 1 fully saturated rings. The van der Waals surface area contributed by atoms with Gasteiger partial charge in [0.25, 0.3) is 0 Å². The number of amides is 3. The lowest BCUT2D eigenvalue weighted by Gasteiger charge is -2.28. The lowest BCUT2D eigenvalue weighted by atomic mass is 10.2. The van der Waals surface area contributed by atoms with Crippen LogP contribution in [0, 0.1) is 0 Å².